The number of thioether (sulfide) groups is 1. The number of carbonyl (C=O) groups excluding carboxylic acids is 1. The molecule has 3 heterocycles. The zero-order valence-corrected chi connectivity index (χ0v) is 17.8. The molecule has 0 saturated carbocycles. The Labute approximate surface area is 175 Å². The number of amides is 1. The van der Waals surface area contributed by atoms with Gasteiger partial charge in [0.15, 0.2) is 11.0 Å². The Balaban J connectivity index is 1.56. The van der Waals surface area contributed by atoms with Crippen LogP contribution in [0, 0.1) is 5.41 Å². The molecule has 1 saturated heterocycles. The molecule has 2 aromatic rings. The SMILES string of the molecule is CCC[C@@]1(CO)CN(C(=O)CCSc2nnc(-c3ccncc3)n2C)CC[C@@H]1O. The van der Waals surface area contributed by atoms with E-state index >= 15 is 0 Å². The fourth-order valence-corrected chi connectivity index (χ4v) is 4.76. The number of aliphatic hydroxyl groups is 2. The van der Waals surface area contributed by atoms with E-state index in [0.717, 1.165) is 23.0 Å². The lowest BCUT2D eigenvalue weighted by atomic mass is 9.74. The van der Waals surface area contributed by atoms with E-state index < -0.39 is 11.5 Å². The minimum atomic E-state index is -0.598. The fourth-order valence-electron chi connectivity index (χ4n) is 3.92. The average Bonchev–Trinajstić information content (AvgIpc) is 3.11. The van der Waals surface area contributed by atoms with Gasteiger partial charge in [0.1, 0.15) is 0 Å². The van der Waals surface area contributed by atoms with Crippen LogP contribution >= 0.6 is 11.8 Å². The summed E-state index contributed by atoms with van der Waals surface area (Å²) in [4.78, 5) is 18.5. The van der Waals surface area contributed by atoms with Gasteiger partial charge >= 0.3 is 0 Å². The van der Waals surface area contributed by atoms with E-state index in [4.69, 9.17) is 0 Å². The highest BCUT2D eigenvalue weighted by Crippen LogP contribution is 2.35. The van der Waals surface area contributed by atoms with Crippen molar-refractivity contribution < 1.29 is 15.0 Å². The van der Waals surface area contributed by atoms with Crippen molar-refractivity contribution in [3.63, 3.8) is 0 Å². The largest absolute Gasteiger partial charge is 0.396 e. The molecule has 0 bridgehead atoms. The predicted molar refractivity (Wildman–Crippen MR) is 111 cm³/mol. The molecular formula is C20H29N5O3S. The van der Waals surface area contributed by atoms with Crippen molar-refractivity contribution in [1.29, 1.82) is 0 Å². The van der Waals surface area contributed by atoms with E-state index in [2.05, 4.69) is 15.2 Å². The molecule has 9 heteroatoms. The Hall–Kier alpha value is -1.97. The lowest BCUT2D eigenvalue weighted by molar-refractivity contribution is -0.142. The number of hydrogen-bond donors (Lipinski definition) is 2. The van der Waals surface area contributed by atoms with Gasteiger partial charge in [0, 0.05) is 55.7 Å². The number of likely N-dealkylation sites (tertiary alicyclic amines) is 1. The van der Waals surface area contributed by atoms with Crippen LogP contribution in [0.4, 0.5) is 0 Å². The molecule has 1 amide bonds. The summed E-state index contributed by atoms with van der Waals surface area (Å²) < 4.78 is 1.92. The maximum Gasteiger partial charge on any atom is 0.223 e. The van der Waals surface area contributed by atoms with Crippen LogP contribution in [0.15, 0.2) is 29.7 Å². The molecule has 2 N–H and O–H groups in total. The lowest BCUT2D eigenvalue weighted by Gasteiger charge is -2.45. The highest BCUT2D eigenvalue weighted by Gasteiger charge is 2.42. The summed E-state index contributed by atoms with van der Waals surface area (Å²) in [6.07, 6.45) is 5.34. The standard InChI is InChI=1S/C20H29N5O3S/c1-3-8-20(14-26)13-25(11-6-16(20)27)17(28)7-12-29-19-23-22-18(24(19)2)15-4-9-21-10-5-15/h4-5,9-10,16,26-27H,3,6-8,11-14H2,1-2H3/t16-,20-/m0/s1. The molecular weight excluding hydrogens is 390 g/mol. The zero-order chi connectivity index (χ0) is 20.9. The summed E-state index contributed by atoms with van der Waals surface area (Å²) in [7, 11) is 1.91. The average molecular weight is 420 g/mol. The van der Waals surface area contributed by atoms with E-state index in [0.29, 0.717) is 38.1 Å². The lowest BCUT2D eigenvalue weighted by Crippen LogP contribution is -2.55. The molecule has 8 nitrogen and oxygen atoms in total. The number of carbonyl (C=O) groups is 1. The number of aliphatic hydroxyl groups excluding tert-OH is 2. The van der Waals surface area contributed by atoms with Crippen LogP contribution in [-0.2, 0) is 11.8 Å². The van der Waals surface area contributed by atoms with Crippen molar-refractivity contribution in [3.8, 4) is 11.4 Å². The molecule has 1 aliphatic rings. The normalized spacial score (nSPS) is 22.1. The van der Waals surface area contributed by atoms with Crippen LogP contribution in [0.5, 0.6) is 0 Å². The first-order valence-electron chi connectivity index (χ1n) is 10.00. The molecule has 0 aromatic carbocycles. The monoisotopic (exact) mass is 419 g/mol. The second-order valence-corrected chi connectivity index (χ2v) is 8.65. The van der Waals surface area contributed by atoms with Gasteiger partial charge in [-0.1, -0.05) is 25.1 Å². The van der Waals surface area contributed by atoms with Crippen molar-refractivity contribution in [1.82, 2.24) is 24.6 Å². The van der Waals surface area contributed by atoms with Gasteiger partial charge in [0.05, 0.1) is 12.7 Å². The van der Waals surface area contributed by atoms with E-state index in [1.165, 1.54) is 11.8 Å². The highest BCUT2D eigenvalue weighted by atomic mass is 32.2. The number of piperidine rings is 1. The Bertz CT molecular complexity index is 816. The van der Waals surface area contributed by atoms with Crippen LogP contribution in [0.1, 0.15) is 32.6 Å². The van der Waals surface area contributed by atoms with Crippen LogP contribution in [0.3, 0.4) is 0 Å². The third-order valence-electron chi connectivity index (χ3n) is 5.62. The molecule has 0 radical (unpaired) electrons. The van der Waals surface area contributed by atoms with Crippen molar-refractivity contribution >= 4 is 17.7 Å². The van der Waals surface area contributed by atoms with E-state index in [1.807, 2.05) is 30.7 Å². The Morgan fingerprint density at radius 3 is 2.79 bits per heavy atom. The van der Waals surface area contributed by atoms with Gasteiger partial charge in [-0.2, -0.15) is 0 Å². The predicted octanol–water partition coefficient (Wildman–Crippen LogP) is 1.73. The van der Waals surface area contributed by atoms with E-state index in [1.54, 1.807) is 17.3 Å². The summed E-state index contributed by atoms with van der Waals surface area (Å²) in [5.41, 5.74) is 0.347. The zero-order valence-electron chi connectivity index (χ0n) is 17.0. The van der Waals surface area contributed by atoms with Gasteiger partial charge in [-0.15, -0.1) is 10.2 Å². The Morgan fingerprint density at radius 1 is 1.34 bits per heavy atom. The Kier molecular flexibility index (Phi) is 7.26. The summed E-state index contributed by atoms with van der Waals surface area (Å²) in [5, 5.41) is 29.5. The van der Waals surface area contributed by atoms with E-state index in [-0.39, 0.29) is 12.5 Å². The molecule has 2 atom stereocenters. The first-order chi connectivity index (χ1) is 14.0. The molecule has 0 unspecified atom stereocenters. The minimum Gasteiger partial charge on any atom is -0.396 e. The van der Waals surface area contributed by atoms with Gasteiger partial charge in [-0.05, 0) is 25.0 Å². The second kappa shape index (κ2) is 9.69. The first kappa shape index (κ1) is 21.7. The summed E-state index contributed by atoms with van der Waals surface area (Å²) in [6.45, 7) is 2.88. The van der Waals surface area contributed by atoms with E-state index in [9.17, 15) is 15.0 Å². The van der Waals surface area contributed by atoms with Gasteiger partial charge in [-0.3, -0.25) is 9.78 Å². The summed E-state index contributed by atoms with van der Waals surface area (Å²) in [5.74, 6) is 1.41. The van der Waals surface area contributed by atoms with Gasteiger partial charge in [-0.25, -0.2) is 0 Å². The molecule has 3 rings (SSSR count). The van der Waals surface area contributed by atoms with Crippen molar-refractivity contribution in [2.45, 2.75) is 43.9 Å². The van der Waals surface area contributed by atoms with Crippen molar-refractivity contribution in [2.24, 2.45) is 12.5 Å². The van der Waals surface area contributed by atoms with Crippen molar-refractivity contribution in [2.75, 3.05) is 25.4 Å². The van der Waals surface area contributed by atoms with Gasteiger partial charge in [0.25, 0.3) is 0 Å². The number of pyridine rings is 1. The summed E-state index contributed by atoms with van der Waals surface area (Å²) in [6, 6.07) is 3.77. The maximum absolute atomic E-state index is 12.7. The molecule has 0 aliphatic carbocycles. The van der Waals surface area contributed by atoms with Crippen LogP contribution < -0.4 is 0 Å². The van der Waals surface area contributed by atoms with Crippen LogP contribution in [0.2, 0.25) is 0 Å². The molecule has 0 spiro atoms. The van der Waals surface area contributed by atoms with Crippen LogP contribution in [0.25, 0.3) is 11.4 Å². The summed E-state index contributed by atoms with van der Waals surface area (Å²) >= 11 is 1.50. The number of aromatic nitrogens is 4. The smallest absolute Gasteiger partial charge is 0.223 e. The quantitative estimate of drug-likeness (QED) is 0.628. The first-order valence-corrected chi connectivity index (χ1v) is 11.0. The number of nitrogens with zero attached hydrogens (tertiary/aromatic N) is 5. The fraction of sp³-hybridized carbons (Fsp3) is 0.600. The maximum atomic E-state index is 12.7. The van der Waals surface area contributed by atoms with Gasteiger partial charge < -0.3 is 19.7 Å². The molecule has 1 aliphatic heterocycles. The van der Waals surface area contributed by atoms with Gasteiger partial charge in [0.2, 0.25) is 5.91 Å². The number of rotatable bonds is 8. The molecule has 2 aromatic heterocycles. The van der Waals surface area contributed by atoms with Crippen molar-refractivity contribution in [3.05, 3.63) is 24.5 Å². The highest BCUT2D eigenvalue weighted by molar-refractivity contribution is 7.99. The topological polar surface area (TPSA) is 104 Å². The molecule has 158 valence electrons. The second-order valence-electron chi connectivity index (χ2n) is 7.59. The number of hydrogen-bond acceptors (Lipinski definition) is 7. The third kappa shape index (κ3) is 4.79. The minimum absolute atomic E-state index is 0.0508. The third-order valence-corrected chi connectivity index (χ3v) is 6.64. The van der Waals surface area contributed by atoms with Crippen LogP contribution in [-0.4, -0.2) is 72.3 Å². The molecule has 29 heavy (non-hydrogen) atoms. The molecule has 1 fully saturated rings. The Morgan fingerprint density at radius 2 is 2.10 bits per heavy atom.